The maximum Gasteiger partial charge on any atom is 0.490 e. The number of hydrogen-bond donors (Lipinski definition) is 2. The van der Waals surface area contributed by atoms with Crippen LogP contribution in [0.4, 0.5) is 26.3 Å². The SMILES string of the molecule is N#Cc1cc(C(F)(F)F)cnc1OCCN.O=C(O)C(F)(F)F. The summed E-state index contributed by atoms with van der Waals surface area (Å²) in [7, 11) is 0. The highest BCUT2D eigenvalue weighted by atomic mass is 19.4. The Labute approximate surface area is 125 Å². The molecule has 3 N–H and O–H groups in total. The number of nitriles is 1. The van der Waals surface area contributed by atoms with Crippen LogP contribution in [0.15, 0.2) is 12.3 Å². The van der Waals surface area contributed by atoms with Gasteiger partial charge in [0.05, 0.1) is 5.56 Å². The first kappa shape index (κ1) is 20.5. The number of aliphatic carboxylic acids is 1. The van der Waals surface area contributed by atoms with Gasteiger partial charge >= 0.3 is 18.3 Å². The second kappa shape index (κ2) is 8.18. The van der Waals surface area contributed by atoms with Crippen LogP contribution < -0.4 is 10.5 Å². The number of rotatable bonds is 3. The molecule has 0 spiro atoms. The maximum absolute atomic E-state index is 12.3. The Morgan fingerprint density at radius 1 is 1.35 bits per heavy atom. The van der Waals surface area contributed by atoms with E-state index < -0.39 is 23.9 Å². The van der Waals surface area contributed by atoms with Crippen LogP contribution >= 0.6 is 0 Å². The number of carboxylic acids is 1. The number of halogens is 6. The molecule has 0 bridgehead atoms. The molecule has 0 saturated carbocycles. The maximum atomic E-state index is 12.3. The Morgan fingerprint density at radius 2 is 1.87 bits per heavy atom. The number of carbonyl (C=O) groups is 1. The molecule has 128 valence electrons. The lowest BCUT2D eigenvalue weighted by Gasteiger charge is -2.09. The van der Waals surface area contributed by atoms with Crippen molar-refractivity contribution < 1.29 is 41.0 Å². The van der Waals surface area contributed by atoms with Gasteiger partial charge in [-0.1, -0.05) is 0 Å². The van der Waals surface area contributed by atoms with E-state index in [-0.39, 0.29) is 24.6 Å². The average Bonchev–Trinajstić information content (AvgIpc) is 2.43. The van der Waals surface area contributed by atoms with Gasteiger partial charge in [-0.15, -0.1) is 0 Å². The lowest BCUT2D eigenvalue weighted by molar-refractivity contribution is -0.192. The molecule has 1 rings (SSSR count). The van der Waals surface area contributed by atoms with Crippen molar-refractivity contribution in [1.82, 2.24) is 4.98 Å². The number of hydrogen-bond acceptors (Lipinski definition) is 5. The Kier molecular flexibility index (Phi) is 7.27. The van der Waals surface area contributed by atoms with Crippen molar-refractivity contribution in [2.24, 2.45) is 5.73 Å². The van der Waals surface area contributed by atoms with Crippen molar-refractivity contribution in [3.63, 3.8) is 0 Å². The van der Waals surface area contributed by atoms with E-state index in [1.807, 2.05) is 0 Å². The number of alkyl halides is 6. The first-order chi connectivity index (χ1) is 10.4. The summed E-state index contributed by atoms with van der Waals surface area (Å²) >= 11 is 0. The van der Waals surface area contributed by atoms with Crippen molar-refractivity contribution in [2.45, 2.75) is 12.4 Å². The van der Waals surface area contributed by atoms with Gasteiger partial charge in [0.1, 0.15) is 18.2 Å². The largest absolute Gasteiger partial charge is 0.490 e. The van der Waals surface area contributed by atoms with Crippen LogP contribution in [0.1, 0.15) is 11.1 Å². The summed E-state index contributed by atoms with van der Waals surface area (Å²) in [5, 5.41) is 15.8. The Morgan fingerprint density at radius 3 is 2.22 bits per heavy atom. The van der Waals surface area contributed by atoms with Crippen molar-refractivity contribution in [3.05, 3.63) is 23.4 Å². The number of ether oxygens (including phenoxy) is 1. The molecule has 0 aliphatic rings. The van der Waals surface area contributed by atoms with Crippen LogP contribution in [-0.2, 0) is 11.0 Å². The van der Waals surface area contributed by atoms with Crippen molar-refractivity contribution >= 4 is 5.97 Å². The molecule has 1 aromatic rings. The Bertz CT molecular complexity index is 580. The second-order valence-electron chi connectivity index (χ2n) is 3.63. The normalized spacial score (nSPS) is 11.0. The molecule has 0 radical (unpaired) electrons. The fraction of sp³-hybridized carbons (Fsp3) is 0.364. The van der Waals surface area contributed by atoms with Crippen LogP contribution in [0.5, 0.6) is 5.88 Å². The summed E-state index contributed by atoms with van der Waals surface area (Å²) in [5.41, 5.74) is 3.91. The van der Waals surface area contributed by atoms with Gasteiger partial charge in [-0.25, -0.2) is 9.78 Å². The van der Waals surface area contributed by atoms with Crippen LogP contribution in [-0.4, -0.2) is 35.4 Å². The van der Waals surface area contributed by atoms with Gasteiger partial charge in [0.15, 0.2) is 0 Å². The van der Waals surface area contributed by atoms with Crippen LogP contribution in [0.2, 0.25) is 0 Å². The summed E-state index contributed by atoms with van der Waals surface area (Å²) in [4.78, 5) is 12.3. The minimum atomic E-state index is -5.08. The lowest BCUT2D eigenvalue weighted by Crippen LogP contribution is -2.21. The van der Waals surface area contributed by atoms with E-state index in [4.69, 9.17) is 25.6 Å². The molecule has 1 heterocycles. The molecule has 0 unspecified atom stereocenters. The van der Waals surface area contributed by atoms with Crippen LogP contribution in [0, 0.1) is 11.3 Å². The minimum absolute atomic E-state index is 0.0903. The van der Waals surface area contributed by atoms with Gasteiger partial charge < -0.3 is 15.6 Å². The van der Waals surface area contributed by atoms with Crippen molar-refractivity contribution in [3.8, 4) is 11.9 Å². The second-order valence-corrected chi connectivity index (χ2v) is 3.63. The first-order valence-corrected chi connectivity index (χ1v) is 5.53. The van der Waals surface area contributed by atoms with E-state index in [0.717, 1.165) is 0 Å². The summed E-state index contributed by atoms with van der Waals surface area (Å²) < 4.78 is 73.5. The molecule has 0 atom stereocenters. The predicted molar refractivity (Wildman–Crippen MR) is 62.2 cm³/mol. The van der Waals surface area contributed by atoms with Gasteiger partial charge in [0.25, 0.3) is 0 Å². The highest BCUT2D eigenvalue weighted by Gasteiger charge is 2.38. The lowest BCUT2D eigenvalue weighted by atomic mass is 10.2. The van der Waals surface area contributed by atoms with Crippen LogP contribution in [0.25, 0.3) is 0 Å². The van der Waals surface area contributed by atoms with Gasteiger partial charge in [0, 0.05) is 12.7 Å². The fourth-order valence-corrected chi connectivity index (χ4v) is 0.958. The average molecular weight is 345 g/mol. The standard InChI is InChI=1S/C9H8F3N3O.C2HF3O2/c10-9(11,12)7-3-6(4-14)8(15-5-7)16-2-1-13;3-2(4,5)1(6)7/h3,5H,1-2,13H2;(H,6,7). The van der Waals surface area contributed by atoms with Crippen molar-refractivity contribution in [1.29, 1.82) is 5.26 Å². The van der Waals surface area contributed by atoms with Gasteiger partial charge in [-0.05, 0) is 6.07 Å². The molecule has 0 fully saturated rings. The van der Waals surface area contributed by atoms with E-state index in [9.17, 15) is 26.3 Å². The smallest absolute Gasteiger partial charge is 0.475 e. The van der Waals surface area contributed by atoms with Gasteiger partial charge in [-0.2, -0.15) is 31.6 Å². The van der Waals surface area contributed by atoms with E-state index in [2.05, 4.69) is 4.98 Å². The zero-order valence-electron chi connectivity index (χ0n) is 11.1. The molecule has 23 heavy (non-hydrogen) atoms. The predicted octanol–water partition coefficient (Wildman–Crippen LogP) is 1.94. The summed E-state index contributed by atoms with van der Waals surface area (Å²) in [6, 6.07) is 2.28. The summed E-state index contributed by atoms with van der Waals surface area (Å²) in [6.07, 6.45) is -8.99. The first-order valence-electron chi connectivity index (χ1n) is 5.53. The molecular weight excluding hydrogens is 336 g/mol. The number of nitrogens with zero attached hydrogens (tertiary/aromatic N) is 2. The van der Waals surface area contributed by atoms with Crippen LogP contribution in [0.3, 0.4) is 0 Å². The van der Waals surface area contributed by atoms with Crippen molar-refractivity contribution in [2.75, 3.05) is 13.2 Å². The van der Waals surface area contributed by atoms with Gasteiger partial charge in [0.2, 0.25) is 5.88 Å². The number of aromatic nitrogens is 1. The third-order valence-electron chi connectivity index (χ3n) is 1.90. The molecule has 0 aromatic carbocycles. The van der Waals surface area contributed by atoms with E-state index >= 15 is 0 Å². The Balaban J connectivity index is 0.000000585. The molecule has 0 saturated heterocycles. The molecule has 1 aromatic heterocycles. The highest BCUT2D eigenvalue weighted by molar-refractivity contribution is 5.73. The molecule has 0 aliphatic heterocycles. The number of nitrogens with two attached hydrogens (primary N) is 1. The Hall–Kier alpha value is -2.55. The molecule has 0 aliphatic carbocycles. The quantitative estimate of drug-likeness (QED) is 0.811. The number of pyridine rings is 1. The van der Waals surface area contributed by atoms with Gasteiger partial charge in [-0.3, -0.25) is 0 Å². The van der Waals surface area contributed by atoms with E-state index in [1.54, 1.807) is 6.07 Å². The topological polar surface area (TPSA) is 109 Å². The minimum Gasteiger partial charge on any atom is -0.475 e. The third-order valence-corrected chi connectivity index (χ3v) is 1.90. The fourth-order valence-electron chi connectivity index (χ4n) is 0.958. The van der Waals surface area contributed by atoms with E-state index in [0.29, 0.717) is 12.3 Å². The summed E-state index contributed by atoms with van der Waals surface area (Å²) in [5.74, 6) is -2.89. The number of carboxylic acid groups (broad SMARTS) is 1. The molecule has 6 nitrogen and oxygen atoms in total. The van der Waals surface area contributed by atoms with E-state index in [1.165, 1.54) is 0 Å². The molecule has 12 heteroatoms. The summed E-state index contributed by atoms with van der Waals surface area (Å²) in [6.45, 7) is 0.278. The highest BCUT2D eigenvalue weighted by Crippen LogP contribution is 2.30. The zero-order chi connectivity index (χ0) is 18.3. The third kappa shape index (κ3) is 7.32. The molecule has 0 amide bonds. The zero-order valence-corrected chi connectivity index (χ0v) is 11.1. The molecular formula is C11H9F6N3O3. The monoisotopic (exact) mass is 345 g/mol.